The van der Waals surface area contributed by atoms with Crippen molar-refractivity contribution < 1.29 is 38.6 Å². The molecule has 0 spiro atoms. The quantitative estimate of drug-likeness (QED) is 0.558. The van der Waals surface area contributed by atoms with Gasteiger partial charge >= 0.3 is 21.1 Å². The summed E-state index contributed by atoms with van der Waals surface area (Å²) >= 11 is 5.85. The zero-order valence-electron chi connectivity index (χ0n) is 6.81. The Hall–Kier alpha value is -0.302. The molecule has 14 heavy (non-hydrogen) atoms. The molecular weight excluding hydrogens is 404 g/mol. The van der Waals surface area contributed by atoms with Gasteiger partial charge in [0.15, 0.2) is 0 Å². The van der Waals surface area contributed by atoms with Crippen molar-refractivity contribution in [3.8, 4) is 5.75 Å². The molecule has 0 fully saturated rings. The van der Waals surface area contributed by atoms with Crippen LogP contribution in [0, 0.1) is 0 Å². The molecule has 0 radical (unpaired) electrons. The molecule has 5 heteroatoms. The number of aromatic nitrogens is 1. The van der Waals surface area contributed by atoms with Crippen LogP contribution in [0.4, 0.5) is 0 Å². The molecule has 1 aromatic heterocycles. The van der Waals surface area contributed by atoms with Gasteiger partial charge < -0.3 is 17.5 Å². The minimum atomic E-state index is -0.0880. The van der Waals surface area contributed by atoms with Crippen molar-refractivity contribution in [2.75, 3.05) is 0 Å². The largest absolute Gasteiger partial charge is 2.00 e. The second-order valence-corrected chi connectivity index (χ2v) is 2.85. The predicted molar refractivity (Wildman–Crippen MR) is 46.2 cm³/mol. The first-order valence-corrected chi connectivity index (χ1v) is 3.87. The van der Waals surface area contributed by atoms with Crippen LogP contribution in [0.2, 0.25) is 5.02 Å². The van der Waals surface area contributed by atoms with Crippen molar-refractivity contribution >= 4 is 22.5 Å². The van der Waals surface area contributed by atoms with E-state index in [1.165, 1.54) is 6.07 Å². The fourth-order valence-corrected chi connectivity index (χ4v) is 1.33. The van der Waals surface area contributed by atoms with Gasteiger partial charge in [-0.1, -0.05) is 23.4 Å². The number of nitrogens with zero attached hydrogens (tertiary/aromatic N) is 1. The first-order valence-electron chi connectivity index (χ1n) is 3.49. The van der Waals surface area contributed by atoms with Gasteiger partial charge in [-0.2, -0.15) is 0 Å². The van der Waals surface area contributed by atoms with E-state index in [0.717, 1.165) is 0 Å². The van der Waals surface area contributed by atoms with Crippen LogP contribution in [0.1, 0.15) is 0 Å². The van der Waals surface area contributed by atoms with Crippen LogP contribution in [0.5, 0.6) is 5.75 Å². The van der Waals surface area contributed by atoms with Gasteiger partial charge in [0.05, 0.1) is 5.52 Å². The molecule has 0 unspecified atom stereocenters. The number of fused-ring (bicyclic) bond motifs is 1. The molecule has 0 aliphatic rings. The van der Waals surface area contributed by atoms with Gasteiger partial charge in [-0.25, -0.2) is 0 Å². The molecular formula is C9H5Cl2NOPt. The van der Waals surface area contributed by atoms with Crippen molar-refractivity contribution in [2.45, 2.75) is 0 Å². The predicted octanol–water partition coefficient (Wildman–Crippen LogP) is -1.04. The number of hydrogen-bond donors (Lipinski definition) is 0. The Labute approximate surface area is 107 Å². The van der Waals surface area contributed by atoms with Gasteiger partial charge in [0.2, 0.25) is 0 Å². The van der Waals surface area contributed by atoms with Gasteiger partial charge in [0.1, 0.15) is 0 Å². The van der Waals surface area contributed by atoms with Crippen molar-refractivity contribution in [3.05, 3.63) is 35.5 Å². The summed E-state index contributed by atoms with van der Waals surface area (Å²) in [5.74, 6) is -0.0880. The smallest absolute Gasteiger partial charge is 1.00 e. The summed E-state index contributed by atoms with van der Waals surface area (Å²) in [7, 11) is 0. The number of pyridine rings is 1. The molecule has 0 bridgehead atoms. The molecule has 0 saturated heterocycles. The zero-order chi connectivity index (χ0) is 8.55. The minimum Gasteiger partial charge on any atom is -1.00 e. The maximum Gasteiger partial charge on any atom is 2.00 e. The van der Waals surface area contributed by atoms with Gasteiger partial charge in [-0.15, -0.1) is 0 Å². The number of rotatable bonds is 0. The van der Waals surface area contributed by atoms with E-state index in [0.29, 0.717) is 15.9 Å². The SMILES string of the molecule is [Cl-].[O-]c1ccc(Cl)c2cccnc12.[Pt+2]. The average Bonchev–Trinajstić information content (AvgIpc) is 2.12. The Balaban J connectivity index is 0.000000845. The summed E-state index contributed by atoms with van der Waals surface area (Å²) in [4.78, 5) is 3.94. The molecule has 0 atom stereocenters. The molecule has 2 nitrogen and oxygen atoms in total. The van der Waals surface area contributed by atoms with Crippen molar-refractivity contribution in [2.24, 2.45) is 0 Å². The van der Waals surface area contributed by atoms with Crippen molar-refractivity contribution in [1.29, 1.82) is 0 Å². The molecule has 0 saturated carbocycles. The Kier molecular flexibility index (Phi) is 5.43. The maximum atomic E-state index is 11.2. The van der Waals surface area contributed by atoms with Crippen LogP contribution in [0.25, 0.3) is 10.9 Å². The van der Waals surface area contributed by atoms with Crippen LogP contribution in [0.15, 0.2) is 30.5 Å². The first kappa shape index (κ1) is 13.7. The molecule has 1 heterocycles. The van der Waals surface area contributed by atoms with Gasteiger partial charge in [0, 0.05) is 16.6 Å². The van der Waals surface area contributed by atoms with Gasteiger partial charge in [0.25, 0.3) is 0 Å². The van der Waals surface area contributed by atoms with Gasteiger partial charge in [-0.3, -0.25) is 4.98 Å². The van der Waals surface area contributed by atoms with Crippen LogP contribution in [-0.2, 0) is 21.1 Å². The van der Waals surface area contributed by atoms with Crippen molar-refractivity contribution in [1.82, 2.24) is 4.98 Å². The van der Waals surface area contributed by atoms with E-state index in [9.17, 15) is 5.11 Å². The van der Waals surface area contributed by atoms with E-state index in [4.69, 9.17) is 11.6 Å². The molecule has 2 aromatic rings. The van der Waals surface area contributed by atoms with E-state index >= 15 is 0 Å². The Morgan fingerprint density at radius 3 is 2.57 bits per heavy atom. The number of halogens is 2. The van der Waals surface area contributed by atoms with Crippen molar-refractivity contribution in [3.63, 3.8) is 0 Å². The Morgan fingerprint density at radius 1 is 1.21 bits per heavy atom. The molecule has 2 rings (SSSR count). The monoisotopic (exact) mass is 408 g/mol. The van der Waals surface area contributed by atoms with Crippen LogP contribution >= 0.6 is 11.6 Å². The zero-order valence-corrected chi connectivity index (χ0v) is 10.6. The summed E-state index contributed by atoms with van der Waals surface area (Å²) in [6.07, 6.45) is 1.58. The average molecular weight is 409 g/mol. The fourth-order valence-electron chi connectivity index (χ4n) is 1.11. The second kappa shape index (κ2) is 5.55. The van der Waals surface area contributed by atoms with E-state index in [1.807, 2.05) is 0 Å². The standard InChI is InChI=1S/C9H6ClNO.ClH.Pt/c10-7-3-4-8(12)9-6(7)2-1-5-11-9;;/h1-5,12H;1H;/q;;+2/p-2. The summed E-state index contributed by atoms with van der Waals surface area (Å²) < 4.78 is 0. The minimum absolute atomic E-state index is 0. The Bertz CT molecular complexity index is 396. The summed E-state index contributed by atoms with van der Waals surface area (Å²) in [6.45, 7) is 0. The molecule has 0 N–H and O–H groups in total. The van der Waals surface area contributed by atoms with E-state index in [-0.39, 0.29) is 39.2 Å². The molecule has 76 valence electrons. The summed E-state index contributed by atoms with van der Waals surface area (Å²) in [5.41, 5.74) is 0.435. The van der Waals surface area contributed by atoms with E-state index in [1.54, 1.807) is 24.4 Å². The van der Waals surface area contributed by atoms with Crippen LogP contribution in [0.3, 0.4) is 0 Å². The molecule has 0 amide bonds. The first-order chi connectivity index (χ1) is 5.79. The molecule has 0 aliphatic carbocycles. The normalized spacial score (nSPS) is 8.93. The third-order valence-corrected chi connectivity index (χ3v) is 2.01. The maximum absolute atomic E-state index is 11.2. The number of hydrogen-bond acceptors (Lipinski definition) is 2. The molecule has 0 aliphatic heterocycles. The molecule has 1 aromatic carbocycles. The number of benzene rings is 1. The van der Waals surface area contributed by atoms with Crippen LogP contribution in [-0.4, -0.2) is 4.98 Å². The third-order valence-electron chi connectivity index (χ3n) is 1.68. The summed E-state index contributed by atoms with van der Waals surface area (Å²) in [5, 5.41) is 12.5. The van der Waals surface area contributed by atoms with Crippen LogP contribution < -0.4 is 17.5 Å². The van der Waals surface area contributed by atoms with E-state index in [2.05, 4.69) is 4.98 Å². The van der Waals surface area contributed by atoms with E-state index < -0.39 is 0 Å². The fraction of sp³-hybridized carbons (Fsp3) is 0. The summed E-state index contributed by atoms with van der Waals surface area (Å²) in [6, 6.07) is 6.56. The Morgan fingerprint density at radius 2 is 1.93 bits per heavy atom. The second-order valence-electron chi connectivity index (χ2n) is 2.45. The topological polar surface area (TPSA) is 36.0 Å². The third kappa shape index (κ3) is 2.38. The van der Waals surface area contributed by atoms with Gasteiger partial charge in [-0.05, 0) is 18.2 Å².